The third kappa shape index (κ3) is 4.71. The van der Waals surface area contributed by atoms with Crippen molar-refractivity contribution >= 4 is 17.7 Å². The molecule has 0 spiro atoms. The van der Waals surface area contributed by atoms with Crippen molar-refractivity contribution in [2.45, 2.75) is 18.5 Å². The summed E-state index contributed by atoms with van der Waals surface area (Å²) in [6.07, 6.45) is 0.858. The summed E-state index contributed by atoms with van der Waals surface area (Å²) in [6.45, 7) is 2.60. The van der Waals surface area contributed by atoms with E-state index in [9.17, 15) is 13.6 Å². The van der Waals surface area contributed by atoms with Gasteiger partial charge in [-0.15, -0.1) is 10.2 Å². The van der Waals surface area contributed by atoms with Crippen molar-refractivity contribution in [3.05, 3.63) is 60.2 Å². The topological polar surface area (TPSA) is 59.8 Å². The Morgan fingerprint density at radius 3 is 2.30 bits per heavy atom. The molecule has 0 aliphatic carbocycles. The summed E-state index contributed by atoms with van der Waals surface area (Å²) in [7, 11) is 0. The number of benzene rings is 2. The van der Waals surface area contributed by atoms with E-state index >= 15 is 0 Å². The van der Waals surface area contributed by atoms with Gasteiger partial charge >= 0.3 is 0 Å². The standard InChI is InChI=1S/C19H18F2N4OS/c1-2-11-22-17(26)12-27-19-24-23-18(13-3-5-14(20)6-4-13)25(19)16-9-7-15(21)8-10-16/h3-10H,2,11-12H2,1H3,(H,22,26). The second-order valence-electron chi connectivity index (χ2n) is 5.76. The second kappa shape index (κ2) is 8.77. The number of rotatable bonds is 7. The average Bonchev–Trinajstić information content (AvgIpc) is 3.10. The third-order valence-corrected chi connectivity index (χ3v) is 4.65. The van der Waals surface area contributed by atoms with Crippen LogP contribution in [0.5, 0.6) is 0 Å². The van der Waals surface area contributed by atoms with Gasteiger partial charge in [-0.1, -0.05) is 18.7 Å². The molecule has 0 radical (unpaired) electrons. The van der Waals surface area contributed by atoms with E-state index in [0.29, 0.717) is 28.8 Å². The van der Waals surface area contributed by atoms with E-state index in [4.69, 9.17) is 0 Å². The molecule has 140 valence electrons. The van der Waals surface area contributed by atoms with Gasteiger partial charge in [0.1, 0.15) is 11.6 Å². The molecule has 0 unspecified atom stereocenters. The van der Waals surface area contributed by atoms with Crippen LogP contribution in [0.3, 0.4) is 0 Å². The first kappa shape index (κ1) is 19.0. The Hall–Kier alpha value is -2.74. The van der Waals surface area contributed by atoms with Crippen LogP contribution in [0.15, 0.2) is 53.7 Å². The zero-order chi connectivity index (χ0) is 19.2. The minimum Gasteiger partial charge on any atom is -0.355 e. The van der Waals surface area contributed by atoms with Gasteiger partial charge in [0, 0.05) is 17.8 Å². The normalized spacial score (nSPS) is 10.8. The molecular formula is C19H18F2N4OS. The Kier molecular flexibility index (Phi) is 6.18. The fourth-order valence-corrected chi connectivity index (χ4v) is 3.20. The van der Waals surface area contributed by atoms with Crippen LogP contribution in [0.1, 0.15) is 13.3 Å². The number of carbonyl (C=O) groups excluding carboxylic acids is 1. The maximum Gasteiger partial charge on any atom is 0.230 e. The Balaban J connectivity index is 1.94. The van der Waals surface area contributed by atoms with Crippen molar-refractivity contribution < 1.29 is 13.6 Å². The fourth-order valence-electron chi connectivity index (χ4n) is 2.42. The molecule has 0 aliphatic rings. The molecule has 1 amide bonds. The van der Waals surface area contributed by atoms with Crippen molar-refractivity contribution in [2.24, 2.45) is 0 Å². The summed E-state index contributed by atoms with van der Waals surface area (Å²) >= 11 is 1.23. The van der Waals surface area contributed by atoms with E-state index in [1.165, 1.54) is 36.0 Å². The summed E-state index contributed by atoms with van der Waals surface area (Å²) in [5.74, 6) is -0.142. The molecule has 0 saturated carbocycles. The molecule has 3 rings (SSSR count). The lowest BCUT2D eigenvalue weighted by molar-refractivity contribution is -0.118. The molecule has 1 N–H and O–H groups in total. The average molecular weight is 388 g/mol. The fraction of sp³-hybridized carbons (Fsp3) is 0.211. The summed E-state index contributed by atoms with van der Waals surface area (Å²) in [4.78, 5) is 11.9. The minimum atomic E-state index is -0.358. The van der Waals surface area contributed by atoms with Crippen LogP contribution >= 0.6 is 11.8 Å². The number of nitrogens with zero attached hydrogens (tertiary/aromatic N) is 3. The number of amides is 1. The van der Waals surface area contributed by atoms with Crippen molar-refractivity contribution in [3.8, 4) is 17.1 Å². The smallest absolute Gasteiger partial charge is 0.230 e. The minimum absolute atomic E-state index is 0.0983. The van der Waals surface area contributed by atoms with E-state index in [1.807, 2.05) is 6.92 Å². The highest BCUT2D eigenvalue weighted by atomic mass is 32.2. The first-order chi connectivity index (χ1) is 13.1. The van der Waals surface area contributed by atoms with Crippen LogP contribution < -0.4 is 5.32 Å². The van der Waals surface area contributed by atoms with Gasteiger partial charge in [-0.2, -0.15) is 0 Å². The van der Waals surface area contributed by atoms with Crippen molar-refractivity contribution in [1.29, 1.82) is 0 Å². The molecule has 0 atom stereocenters. The lowest BCUT2D eigenvalue weighted by Gasteiger charge is -2.10. The predicted octanol–water partition coefficient (Wildman–Crippen LogP) is 3.83. The first-order valence-corrected chi connectivity index (χ1v) is 9.44. The van der Waals surface area contributed by atoms with Gasteiger partial charge in [0.25, 0.3) is 0 Å². The number of nitrogens with one attached hydrogen (secondary N) is 1. The largest absolute Gasteiger partial charge is 0.355 e. The quantitative estimate of drug-likeness (QED) is 0.625. The Morgan fingerprint density at radius 2 is 1.67 bits per heavy atom. The third-order valence-electron chi connectivity index (χ3n) is 3.73. The summed E-state index contributed by atoms with van der Waals surface area (Å²) < 4.78 is 28.3. The maximum absolute atomic E-state index is 13.3. The molecule has 3 aromatic rings. The molecule has 0 aliphatic heterocycles. The van der Waals surface area contributed by atoms with Crippen molar-refractivity contribution in [2.75, 3.05) is 12.3 Å². The van der Waals surface area contributed by atoms with Gasteiger partial charge in [0.15, 0.2) is 11.0 Å². The van der Waals surface area contributed by atoms with Gasteiger partial charge in [0.05, 0.1) is 5.75 Å². The van der Waals surface area contributed by atoms with Gasteiger partial charge in [-0.05, 0) is 55.0 Å². The van der Waals surface area contributed by atoms with Crippen LogP contribution in [0.25, 0.3) is 17.1 Å². The van der Waals surface area contributed by atoms with Crippen LogP contribution in [0, 0.1) is 11.6 Å². The zero-order valence-corrected chi connectivity index (χ0v) is 15.5. The van der Waals surface area contributed by atoms with Gasteiger partial charge in [-0.25, -0.2) is 8.78 Å². The Morgan fingerprint density at radius 1 is 1.04 bits per heavy atom. The Bertz CT molecular complexity index is 910. The number of halogens is 2. The molecule has 0 bridgehead atoms. The number of thioether (sulfide) groups is 1. The molecule has 0 fully saturated rings. The highest BCUT2D eigenvalue weighted by Crippen LogP contribution is 2.28. The van der Waals surface area contributed by atoms with Crippen LogP contribution in [0.2, 0.25) is 0 Å². The lowest BCUT2D eigenvalue weighted by atomic mass is 10.2. The van der Waals surface area contributed by atoms with E-state index in [2.05, 4.69) is 15.5 Å². The van der Waals surface area contributed by atoms with Gasteiger partial charge in [-0.3, -0.25) is 9.36 Å². The van der Waals surface area contributed by atoms with E-state index < -0.39 is 0 Å². The predicted molar refractivity (Wildman–Crippen MR) is 101 cm³/mol. The van der Waals surface area contributed by atoms with E-state index in [1.54, 1.807) is 28.8 Å². The SMILES string of the molecule is CCCNC(=O)CSc1nnc(-c2ccc(F)cc2)n1-c1ccc(F)cc1. The molecule has 0 saturated heterocycles. The zero-order valence-electron chi connectivity index (χ0n) is 14.7. The van der Waals surface area contributed by atoms with E-state index in [-0.39, 0.29) is 23.3 Å². The van der Waals surface area contributed by atoms with Crippen molar-refractivity contribution in [1.82, 2.24) is 20.1 Å². The molecule has 1 heterocycles. The lowest BCUT2D eigenvalue weighted by Crippen LogP contribution is -2.25. The Labute approximate surface area is 159 Å². The molecule has 2 aromatic carbocycles. The number of hydrogen-bond donors (Lipinski definition) is 1. The highest BCUT2D eigenvalue weighted by molar-refractivity contribution is 7.99. The summed E-state index contributed by atoms with van der Waals surface area (Å²) in [5.41, 5.74) is 1.31. The second-order valence-corrected chi connectivity index (χ2v) is 6.71. The van der Waals surface area contributed by atoms with Crippen LogP contribution in [0.4, 0.5) is 8.78 Å². The highest BCUT2D eigenvalue weighted by Gasteiger charge is 2.17. The van der Waals surface area contributed by atoms with Crippen LogP contribution in [-0.2, 0) is 4.79 Å². The molecular weight excluding hydrogens is 370 g/mol. The molecule has 27 heavy (non-hydrogen) atoms. The van der Waals surface area contributed by atoms with Gasteiger partial charge in [0.2, 0.25) is 5.91 Å². The van der Waals surface area contributed by atoms with Gasteiger partial charge < -0.3 is 5.32 Å². The van der Waals surface area contributed by atoms with Crippen LogP contribution in [-0.4, -0.2) is 33.0 Å². The number of carbonyl (C=O) groups is 1. The molecule has 5 nitrogen and oxygen atoms in total. The molecule has 1 aromatic heterocycles. The molecule has 8 heteroatoms. The summed E-state index contributed by atoms with van der Waals surface area (Å²) in [5, 5.41) is 11.7. The number of hydrogen-bond acceptors (Lipinski definition) is 4. The first-order valence-electron chi connectivity index (χ1n) is 8.45. The number of aromatic nitrogens is 3. The van der Waals surface area contributed by atoms with Crippen molar-refractivity contribution in [3.63, 3.8) is 0 Å². The summed E-state index contributed by atoms with van der Waals surface area (Å²) in [6, 6.07) is 11.8. The monoisotopic (exact) mass is 388 g/mol. The maximum atomic E-state index is 13.3. The van der Waals surface area contributed by atoms with E-state index in [0.717, 1.165) is 6.42 Å².